The lowest BCUT2D eigenvalue weighted by molar-refractivity contribution is -0.142. The summed E-state index contributed by atoms with van der Waals surface area (Å²) in [6.07, 6.45) is 28.1. The second-order valence-corrected chi connectivity index (χ2v) is 8.19. The van der Waals surface area contributed by atoms with E-state index in [1.165, 1.54) is 37.4 Å². The van der Waals surface area contributed by atoms with Crippen molar-refractivity contribution in [2.75, 3.05) is 5.75 Å². The molecule has 0 radical (unpaired) electrons. The largest absolute Gasteiger partial charge is 0.481 e. The average Bonchev–Trinajstić information content (AvgIpc) is 2.68. The van der Waals surface area contributed by atoms with E-state index in [1.54, 1.807) is 0 Å². The number of aliphatic carboxylic acids is 2. The molecular weight excluding hydrogens is 384 g/mol. The molecule has 164 valence electrons. The Morgan fingerprint density at radius 3 is 1.69 bits per heavy atom. The Hall–Kier alpha value is -1.75. The third-order valence-corrected chi connectivity index (χ3v) is 5.47. The molecule has 0 aromatic rings. The van der Waals surface area contributed by atoms with Gasteiger partial charge in [-0.05, 0) is 57.1 Å². The van der Waals surface area contributed by atoms with Crippen molar-refractivity contribution >= 4 is 23.7 Å². The van der Waals surface area contributed by atoms with Crippen molar-refractivity contribution < 1.29 is 19.8 Å². The summed E-state index contributed by atoms with van der Waals surface area (Å²) < 4.78 is 0. The molecule has 0 heterocycles. The highest BCUT2D eigenvalue weighted by atomic mass is 32.2. The number of hydrogen-bond donors (Lipinski definition) is 2. The molecule has 0 aromatic carbocycles. The number of carbonyl (C=O) groups is 2. The van der Waals surface area contributed by atoms with Gasteiger partial charge in [0.05, 0.1) is 6.42 Å². The van der Waals surface area contributed by atoms with E-state index in [0.29, 0.717) is 5.75 Å². The van der Waals surface area contributed by atoms with Crippen molar-refractivity contribution in [2.45, 2.75) is 82.8 Å². The highest BCUT2D eigenvalue weighted by Gasteiger charge is 2.20. The van der Waals surface area contributed by atoms with Gasteiger partial charge in [0.2, 0.25) is 0 Å². The molecule has 0 fully saturated rings. The zero-order chi connectivity index (χ0) is 21.6. The molecule has 2 N–H and O–H groups in total. The molecule has 0 saturated heterocycles. The predicted octanol–water partition coefficient (Wildman–Crippen LogP) is 6.79. The first-order valence-corrected chi connectivity index (χ1v) is 11.8. The van der Waals surface area contributed by atoms with Crippen LogP contribution in [0, 0.1) is 0 Å². The highest BCUT2D eigenvalue weighted by Crippen LogP contribution is 2.17. The van der Waals surface area contributed by atoms with Crippen molar-refractivity contribution in [3.8, 4) is 0 Å². The maximum atomic E-state index is 10.9. The molecule has 0 aliphatic carbocycles. The molecule has 29 heavy (non-hydrogen) atoms. The van der Waals surface area contributed by atoms with E-state index in [2.05, 4.69) is 55.5 Å². The van der Waals surface area contributed by atoms with Gasteiger partial charge in [0.25, 0.3) is 0 Å². The Kier molecular flexibility index (Phi) is 19.7. The molecule has 0 saturated carbocycles. The minimum Gasteiger partial charge on any atom is -0.481 e. The highest BCUT2D eigenvalue weighted by molar-refractivity contribution is 8.00. The Morgan fingerprint density at radius 1 is 0.759 bits per heavy atom. The second-order valence-electron chi connectivity index (χ2n) is 6.88. The standard InChI is InChI=1S/C24H38O4S/c1-2-3-4-5-6-7-8-9-10-11-12-13-14-15-16-17-18-19-20-29-22(24(27)28)21-23(25)26/h6-7,9-10,12-13,15-16,22H,2-5,8,11,14,17-21H2,1H3,(H,25,26)(H,27,28)/b7-6?,10-9?,13-12?,16-15-. The van der Waals surface area contributed by atoms with Crippen molar-refractivity contribution in [2.24, 2.45) is 0 Å². The Balaban J connectivity index is 3.58. The van der Waals surface area contributed by atoms with Crippen LogP contribution < -0.4 is 0 Å². The van der Waals surface area contributed by atoms with Gasteiger partial charge in [0.1, 0.15) is 5.25 Å². The lowest BCUT2D eigenvalue weighted by atomic mass is 10.2. The van der Waals surface area contributed by atoms with Crippen molar-refractivity contribution in [3.63, 3.8) is 0 Å². The zero-order valence-corrected chi connectivity index (χ0v) is 18.6. The summed E-state index contributed by atoms with van der Waals surface area (Å²) in [5.41, 5.74) is 0. The van der Waals surface area contributed by atoms with Gasteiger partial charge in [0.15, 0.2) is 0 Å². The van der Waals surface area contributed by atoms with Crippen molar-refractivity contribution in [3.05, 3.63) is 48.6 Å². The van der Waals surface area contributed by atoms with Gasteiger partial charge < -0.3 is 10.2 Å². The molecule has 4 nitrogen and oxygen atoms in total. The fourth-order valence-corrected chi connectivity index (χ4v) is 3.59. The van der Waals surface area contributed by atoms with Gasteiger partial charge in [-0.3, -0.25) is 9.59 Å². The van der Waals surface area contributed by atoms with Gasteiger partial charge in [-0.2, -0.15) is 0 Å². The minimum absolute atomic E-state index is 0.322. The van der Waals surface area contributed by atoms with Crippen LogP contribution in [-0.4, -0.2) is 33.2 Å². The predicted molar refractivity (Wildman–Crippen MR) is 125 cm³/mol. The lowest BCUT2D eigenvalue weighted by Crippen LogP contribution is -2.20. The van der Waals surface area contributed by atoms with E-state index in [-0.39, 0.29) is 6.42 Å². The van der Waals surface area contributed by atoms with Crippen LogP contribution in [0.2, 0.25) is 0 Å². The first-order chi connectivity index (χ1) is 14.1. The molecule has 0 aliphatic rings. The summed E-state index contributed by atoms with van der Waals surface area (Å²) in [5, 5.41) is 16.8. The third kappa shape index (κ3) is 20.8. The van der Waals surface area contributed by atoms with Gasteiger partial charge in [-0.25, -0.2) is 0 Å². The SMILES string of the molecule is CCCCCC=CCC=CCC=CC/C=C\CCCCSC(CC(=O)O)C(=O)O. The van der Waals surface area contributed by atoms with Crippen molar-refractivity contribution in [1.29, 1.82) is 0 Å². The Labute approximate surface area is 180 Å². The van der Waals surface area contributed by atoms with Crippen LogP contribution in [0.3, 0.4) is 0 Å². The normalized spacial score (nSPS) is 13.3. The molecule has 0 bridgehead atoms. The summed E-state index contributed by atoms with van der Waals surface area (Å²) in [7, 11) is 0. The van der Waals surface area contributed by atoms with E-state index in [1.807, 2.05) is 0 Å². The van der Waals surface area contributed by atoms with E-state index < -0.39 is 17.2 Å². The first kappa shape index (κ1) is 27.2. The number of unbranched alkanes of at least 4 members (excludes halogenated alkanes) is 5. The molecule has 0 rings (SSSR count). The van der Waals surface area contributed by atoms with E-state index in [0.717, 1.165) is 38.5 Å². The third-order valence-electron chi connectivity index (χ3n) is 4.18. The first-order valence-electron chi connectivity index (χ1n) is 10.7. The lowest BCUT2D eigenvalue weighted by Gasteiger charge is -2.08. The molecular formula is C24H38O4S. The van der Waals surface area contributed by atoms with Crippen molar-refractivity contribution in [1.82, 2.24) is 0 Å². The minimum atomic E-state index is -1.06. The Bertz CT molecular complexity index is 535. The quantitative estimate of drug-likeness (QED) is 0.177. The van der Waals surface area contributed by atoms with Crippen LogP contribution >= 0.6 is 11.8 Å². The van der Waals surface area contributed by atoms with Gasteiger partial charge >= 0.3 is 11.9 Å². The maximum absolute atomic E-state index is 10.9. The van der Waals surface area contributed by atoms with E-state index in [4.69, 9.17) is 10.2 Å². The van der Waals surface area contributed by atoms with Gasteiger partial charge in [0, 0.05) is 0 Å². The smallest absolute Gasteiger partial charge is 0.317 e. The number of rotatable bonds is 19. The molecule has 0 aliphatic heterocycles. The topological polar surface area (TPSA) is 74.6 Å². The number of thioether (sulfide) groups is 1. The Morgan fingerprint density at radius 2 is 1.24 bits per heavy atom. The molecule has 0 amide bonds. The van der Waals surface area contributed by atoms with Crippen LogP contribution in [0.15, 0.2) is 48.6 Å². The van der Waals surface area contributed by atoms with Gasteiger partial charge in [-0.1, -0.05) is 68.4 Å². The summed E-state index contributed by atoms with van der Waals surface area (Å²) in [6.45, 7) is 2.23. The van der Waals surface area contributed by atoms with Crippen LogP contribution in [-0.2, 0) is 9.59 Å². The summed E-state index contributed by atoms with van der Waals surface area (Å²) in [6, 6.07) is 0. The average molecular weight is 423 g/mol. The van der Waals surface area contributed by atoms with Crippen LogP contribution in [0.5, 0.6) is 0 Å². The second kappa shape index (κ2) is 21.0. The zero-order valence-electron chi connectivity index (χ0n) is 17.8. The van der Waals surface area contributed by atoms with Crippen LogP contribution in [0.25, 0.3) is 0 Å². The number of allylic oxidation sites excluding steroid dienone is 8. The van der Waals surface area contributed by atoms with E-state index in [9.17, 15) is 9.59 Å². The monoisotopic (exact) mass is 422 g/mol. The summed E-state index contributed by atoms with van der Waals surface area (Å²) in [5.74, 6) is -1.43. The molecule has 0 spiro atoms. The number of carboxylic acid groups (broad SMARTS) is 2. The molecule has 5 heteroatoms. The summed E-state index contributed by atoms with van der Waals surface area (Å²) in [4.78, 5) is 21.6. The van der Waals surface area contributed by atoms with E-state index >= 15 is 0 Å². The van der Waals surface area contributed by atoms with Crippen LogP contribution in [0.1, 0.15) is 77.6 Å². The maximum Gasteiger partial charge on any atom is 0.317 e. The molecule has 1 atom stereocenters. The fraction of sp³-hybridized carbons (Fsp3) is 0.583. The molecule has 1 unspecified atom stereocenters. The number of hydrogen-bond acceptors (Lipinski definition) is 3. The molecule has 0 aromatic heterocycles. The fourth-order valence-electron chi connectivity index (χ4n) is 2.53. The summed E-state index contributed by atoms with van der Waals surface area (Å²) >= 11 is 1.22. The number of carboxylic acids is 2. The van der Waals surface area contributed by atoms with Crippen LogP contribution in [0.4, 0.5) is 0 Å². The van der Waals surface area contributed by atoms with Gasteiger partial charge in [-0.15, -0.1) is 11.8 Å².